The Hall–Kier alpha value is -2.78. The van der Waals surface area contributed by atoms with Crippen LogP contribution in [0.5, 0.6) is 5.75 Å². The fraction of sp³-hybridized carbons (Fsp3) is 0.148. The van der Waals surface area contributed by atoms with Crippen molar-refractivity contribution in [1.82, 2.24) is 4.90 Å². The molecular weight excluding hydrogens is 532 g/mol. The summed E-state index contributed by atoms with van der Waals surface area (Å²) in [6, 6.07) is 20.9. The number of carbonyl (C=O) groups is 2. The number of halogens is 1. The molecule has 2 aliphatic rings. The molecule has 36 heavy (non-hydrogen) atoms. The Labute approximate surface area is 228 Å². The number of carbonyl (C=O) groups excluding carboxylic acids is 2. The molecule has 2 heterocycles. The highest BCUT2D eigenvalue weighted by Crippen LogP contribution is 2.49. The molecule has 0 radical (unpaired) electrons. The van der Waals surface area contributed by atoms with E-state index >= 15 is 0 Å². The number of methoxy groups -OCH3 is 1. The van der Waals surface area contributed by atoms with E-state index in [9.17, 15) is 9.59 Å². The zero-order chi connectivity index (χ0) is 25.2. The molecule has 2 amide bonds. The first-order chi connectivity index (χ1) is 17.4. The standard InChI is InChI=1S/C27H21ClN2O3S3/c1-33-19-7-4-6-17(14-19)15-24-26(32)29(27(34)36-24)13-5-10-25(31)30-20-8-2-3-9-22(20)35-23-12-11-18(28)16-21(23)30/h2-4,6-9,11-12,14-16H,5,10,13H2,1H3. The maximum atomic E-state index is 13.4. The van der Waals surface area contributed by atoms with Crippen molar-refractivity contribution >= 4 is 80.9 Å². The Bertz CT molecular complexity index is 1410. The number of ether oxygens (including phenoxy) is 1. The summed E-state index contributed by atoms with van der Waals surface area (Å²) in [6.07, 6.45) is 2.56. The number of amides is 2. The Kier molecular flexibility index (Phi) is 7.39. The summed E-state index contributed by atoms with van der Waals surface area (Å²) >= 11 is 14.6. The van der Waals surface area contributed by atoms with Crippen LogP contribution in [0.3, 0.4) is 0 Å². The second-order valence-corrected chi connectivity index (χ2v) is 11.3. The van der Waals surface area contributed by atoms with Gasteiger partial charge in [0.25, 0.3) is 5.91 Å². The van der Waals surface area contributed by atoms with Crippen molar-refractivity contribution in [3.8, 4) is 5.75 Å². The second kappa shape index (κ2) is 10.7. The highest BCUT2D eigenvalue weighted by Gasteiger charge is 2.33. The van der Waals surface area contributed by atoms with Gasteiger partial charge in [-0.15, -0.1) is 0 Å². The van der Waals surface area contributed by atoms with Crippen LogP contribution in [0, 0.1) is 0 Å². The Balaban J connectivity index is 1.28. The first kappa shape index (κ1) is 24.9. The van der Waals surface area contributed by atoms with Crippen LogP contribution in [0.4, 0.5) is 11.4 Å². The Morgan fingerprint density at radius 2 is 1.83 bits per heavy atom. The van der Waals surface area contributed by atoms with Crippen molar-refractivity contribution in [2.24, 2.45) is 0 Å². The van der Waals surface area contributed by atoms with Gasteiger partial charge in [-0.05, 0) is 60.5 Å². The third kappa shape index (κ3) is 5.04. The van der Waals surface area contributed by atoms with Crippen molar-refractivity contribution in [1.29, 1.82) is 0 Å². The second-order valence-electron chi connectivity index (χ2n) is 8.12. The highest BCUT2D eigenvalue weighted by molar-refractivity contribution is 8.26. The first-order valence-electron chi connectivity index (χ1n) is 11.2. The molecule has 0 spiro atoms. The van der Waals surface area contributed by atoms with Crippen LogP contribution in [0.2, 0.25) is 5.02 Å². The number of fused-ring (bicyclic) bond motifs is 2. The van der Waals surface area contributed by atoms with E-state index in [1.165, 1.54) is 11.8 Å². The first-order valence-corrected chi connectivity index (χ1v) is 13.7. The van der Waals surface area contributed by atoms with E-state index in [1.807, 2.05) is 72.8 Å². The van der Waals surface area contributed by atoms with E-state index in [0.717, 1.165) is 32.5 Å². The molecule has 0 saturated carbocycles. The molecule has 0 unspecified atom stereocenters. The van der Waals surface area contributed by atoms with Crippen molar-refractivity contribution in [2.75, 3.05) is 18.6 Å². The van der Waals surface area contributed by atoms with Crippen LogP contribution >= 0.6 is 47.3 Å². The molecule has 3 aromatic carbocycles. The third-order valence-corrected chi connectivity index (χ3v) is 8.52. The maximum absolute atomic E-state index is 13.4. The summed E-state index contributed by atoms with van der Waals surface area (Å²) in [5, 5.41) is 0.576. The number of nitrogens with zero attached hydrogens (tertiary/aromatic N) is 2. The number of hydrogen-bond acceptors (Lipinski definition) is 6. The van der Waals surface area contributed by atoms with Crippen molar-refractivity contribution in [2.45, 2.75) is 22.6 Å². The lowest BCUT2D eigenvalue weighted by molar-refractivity contribution is -0.123. The van der Waals surface area contributed by atoms with Crippen LogP contribution in [0.25, 0.3) is 6.08 Å². The minimum absolute atomic E-state index is 0.0522. The van der Waals surface area contributed by atoms with Gasteiger partial charge in [-0.2, -0.15) is 0 Å². The molecule has 1 fully saturated rings. The lowest BCUT2D eigenvalue weighted by Crippen LogP contribution is -2.32. The van der Waals surface area contributed by atoms with Gasteiger partial charge >= 0.3 is 0 Å². The summed E-state index contributed by atoms with van der Waals surface area (Å²) in [7, 11) is 1.61. The fourth-order valence-corrected chi connectivity index (χ4v) is 6.59. The number of benzene rings is 3. The predicted octanol–water partition coefficient (Wildman–Crippen LogP) is 7.16. The van der Waals surface area contributed by atoms with Gasteiger partial charge in [-0.1, -0.05) is 71.6 Å². The molecular formula is C27H21ClN2O3S3. The zero-order valence-electron chi connectivity index (χ0n) is 19.3. The smallest absolute Gasteiger partial charge is 0.266 e. The maximum Gasteiger partial charge on any atom is 0.266 e. The van der Waals surface area contributed by atoms with Gasteiger partial charge in [0.1, 0.15) is 10.1 Å². The number of rotatable bonds is 6. The van der Waals surface area contributed by atoms with Crippen LogP contribution in [-0.2, 0) is 9.59 Å². The summed E-state index contributed by atoms with van der Waals surface area (Å²) in [4.78, 5) is 32.3. The monoisotopic (exact) mass is 552 g/mol. The summed E-state index contributed by atoms with van der Waals surface area (Å²) in [5.74, 6) is 0.527. The minimum Gasteiger partial charge on any atom is -0.497 e. The summed E-state index contributed by atoms with van der Waals surface area (Å²) in [6.45, 7) is 0.374. The van der Waals surface area contributed by atoms with E-state index in [0.29, 0.717) is 27.2 Å². The molecule has 2 aliphatic heterocycles. The van der Waals surface area contributed by atoms with E-state index in [-0.39, 0.29) is 18.2 Å². The molecule has 0 N–H and O–H groups in total. The van der Waals surface area contributed by atoms with E-state index in [1.54, 1.807) is 28.7 Å². The van der Waals surface area contributed by atoms with Gasteiger partial charge < -0.3 is 4.74 Å². The van der Waals surface area contributed by atoms with E-state index < -0.39 is 0 Å². The summed E-state index contributed by atoms with van der Waals surface area (Å²) in [5.41, 5.74) is 2.49. The van der Waals surface area contributed by atoms with E-state index in [4.69, 9.17) is 28.6 Å². The van der Waals surface area contributed by atoms with Gasteiger partial charge in [-0.25, -0.2) is 0 Å². The van der Waals surface area contributed by atoms with Crippen molar-refractivity contribution in [3.63, 3.8) is 0 Å². The predicted molar refractivity (Wildman–Crippen MR) is 151 cm³/mol. The fourth-order valence-electron chi connectivity index (χ4n) is 4.07. The molecule has 0 aromatic heterocycles. The van der Waals surface area contributed by atoms with Crippen LogP contribution < -0.4 is 9.64 Å². The molecule has 0 bridgehead atoms. The molecule has 0 aliphatic carbocycles. The number of anilines is 2. The third-order valence-electron chi connectivity index (χ3n) is 5.77. The lowest BCUT2D eigenvalue weighted by atomic mass is 10.1. The zero-order valence-corrected chi connectivity index (χ0v) is 22.5. The quantitative estimate of drug-likeness (QED) is 0.239. The number of thiocarbonyl (C=S) groups is 1. The molecule has 5 rings (SSSR count). The van der Waals surface area contributed by atoms with Crippen molar-refractivity contribution in [3.05, 3.63) is 82.2 Å². The summed E-state index contributed by atoms with van der Waals surface area (Å²) < 4.78 is 5.76. The average Bonchev–Trinajstić information content (AvgIpc) is 3.14. The highest BCUT2D eigenvalue weighted by atomic mass is 35.5. The average molecular weight is 553 g/mol. The van der Waals surface area contributed by atoms with Crippen molar-refractivity contribution < 1.29 is 14.3 Å². The Morgan fingerprint density at radius 3 is 2.67 bits per heavy atom. The molecule has 182 valence electrons. The topological polar surface area (TPSA) is 49.9 Å². The van der Waals surface area contributed by atoms with Gasteiger partial charge in [0.05, 0.1) is 23.4 Å². The van der Waals surface area contributed by atoms with Gasteiger partial charge in [0.2, 0.25) is 5.91 Å². The molecule has 9 heteroatoms. The molecule has 1 saturated heterocycles. The SMILES string of the molecule is COc1cccc(C=C2SC(=S)N(CCCC(=O)N3c4ccccc4Sc4ccc(Cl)cc43)C2=O)c1. The molecule has 3 aromatic rings. The minimum atomic E-state index is -0.142. The van der Waals surface area contributed by atoms with E-state index in [2.05, 4.69) is 0 Å². The number of para-hydroxylation sites is 1. The number of hydrogen-bond donors (Lipinski definition) is 0. The largest absolute Gasteiger partial charge is 0.497 e. The normalized spacial score (nSPS) is 15.8. The van der Waals surface area contributed by atoms with Gasteiger partial charge in [0.15, 0.2) is 0 Å². The number of thioether (sulfide) groups is 1. The van der Waals surface area contributed by atoms with Crippen LogP contribution in [0.15, 0.2) is 81.4 Å². The molecule has 0 atom stereocenters. The lowest BCUT2D eigenvalue weighted by Gasteiger charge is -2.31. The van der Waals surface area contributed by atoms with Crippen LogP contribution in [-0.4, -0.2) is 34.7 Å². The molecule has 5 nitrogen and oxygen atoms in total. The van der Waals surface area contributed by atoms with Crippen LogP contribution in [0.1, 0.15) is 18.4 Å². The van der Waals surface area contributed by atoms with Gasteiger partial charge in [0, 0.05) is 27.8 Å². The Morgan fingerprint density at radius 1 is 1.03 bits per heavy atom. The van der Waals surface area contributed by atoms with Gasteiger partial charge in [-0.3, -0.25) is 19.4 Å².